The van der Waals surface area contributed by atoms with Crippen LogP contribution in [0.25, 0.3) is 0 Å². The molecule has 1 heterocycles. The van der Waals surface area contributed by atoms with E-state index in [1.807, 2.05) is 12.1 Å². The third-order valence-corrected chi connectivity index (χ3v) is 4.04. The maximum Gasteiger partial charge on any atom is 0.314 e. The van der Waals surface area contributed by atoms with Crippen LogP contribution in [-0.2, 0) is 16.6 Å². The molecule has 16 heavy (non-hydrogen) atoms. The van der Waals surface area contributed by atoms with E-state index in [0.29, 0.717) is 6.61 Å². The quantitative estimate of drug-likeness (QED) is 0.907. The summed E-state index contributed by atoms with van der Waals surface area (Å²) in [6.07, 6.45) is 2.36. The van der Waals surface area contributed by atoms with Gasteiger partial charge in [-0.1, -0.05) is 6.07 Å². The highest BCUT2D eigenvalue weighted by atomic mass is 79.9. The molecule has 1 fully saturated rings. The van der Waals surface area contributed by atoms with Crippen LogP contribution in [0.2, 0.25) is 0 Å². The van der Waals surface area contributed by atoms with E-state index in [1.165, 1.54) is 0 Å². The fourth-order valence-electron chi connectivity index (χ4n) is 2.29. The molecule has 0 bridgehead atoms. The summed E-state index contributed by atoms with van der Waals surface area (Å²) in [4.78, 5) is 11.2. The number of ether oxygens (including phenoxy) is 1. The highest BCUT2D eigenvalue weighted by molar-refractivity contribution is 9.10. The third kappa shape index (κ3) is 1.29. The molecule has 1 aromatic rings. The first-order valence-electron chi connectivity index (χ1n) is 5.32. The first-order valence-corrected chi connectivity index (χ1v) is 6.12. The summed E-state index contributed by atoms with van der Waals surface area (Å²) in [7, 11) is 0. The van der Waals surface area contributed by atoms with Gasteiger partial charge in [-0.05, 0) is 46.0 Å². The molecule has 0 spiro atoms. The van der Waals surface area contributed by atoms with Crippen molar-refractivity contribution in [3.05, 3.63) is 27.7 Å². The number of carbonyl (C=O) groups is 1. The van der Waals surface area contributed by atoms with E-state index >= 15 is 0 Å². The van der Waals surface area contributed by atoms with Gasteiger partial charge in [0.25, 0.3) is 0 Å². The van der Waals surface area contributed by atoms with Crippen molar-refractivity contribution in [2.75, 3.05) is 6.61 Å². The van der Waals surface area contributed by atoms with E-state index in [2.05, 4.69) is 15.9 Å². The Bertz CT molecular complexity index is 477. The van der Waals surface area contributed by atoms with Crippen LogP contribution in [0.4, 0.5) is 0 Å². The molecule has 3 nitrogen and oxygen atoms in total. The fraction of sp³-hybridized carbons (Fsp3) is 0.417. The van der Waals surface area contributed by atoms with Gasteiger partial charge >= 0.3 is 5.97 Å². The Kier molecular flexibility index (Phi) is 2.05. The van der Waals surface area contributed by atoms with Crippen molar-refractivity contribution in [2.24, 2.45) is 0 Å². The summed E-state index contributed by atoms with van der Waals surface area (Å²) >= 11 is 3.45. The third-order valence-electron chi connectivity index (χ3n) is 3.45. The molecule has 1 aliphatic heterocycles. The number of fused-ring (bicyclic) bond motifs is 1. The number of rotatable bonds is 2. The zero-order valence-electron chi connectivity index (χ0n) is 8.62. The first-order chi connectivity index (χ1) is 7.63. The largest absolute Gasteiger partial charge is 0.492 e. The minimum absolute atomic E-state index is 0.625. The van der Waals surface area contributed by atoms with E-state index in [9.17, 15) is 9.90 Å². The predicted molar refractivity (Wildman–Crippen MR) is 61.9 cm³/mol. The van der Waals surface area contributed by atoms with E-state index in [1.54, 1.807) is 0 Å². The van der Waals surface area contributed by atoms with Crippen molar-refractivity contribution in [1.82, 2.24) is 0 Å². The lowest BCUT2D eigenvalue weighted by molar-refractivity contribution is -0.140. The molecule has 0 saturated heterocycles. The average molecular weight is 283 g/mol. The Balaban J connectivity index is 2.10. The van der Waals surface area contributed by atoms with Crippen molar-refractivity contribution < 1.29 is 14.6 Å². The molecule has 0 amide bonds. The molecular formula is C12H11BrO3. The van der Waals surface area contributed by atoms with Gasteiger partial charge in [0, 0.05) is 6.42 Å². The number of carboxylic acid groups (broad SMARTS) is 1. The molecule has 2 aliphatic rings. The minimum atomic E-state index is -0.710. The molecule has 0 radical (unpaired) electrons. The van der Waals surface area contributed by atoms with Gasteiger partial charge in [-0.15, -0.1) is 0 Å². The van der Waals surface area contributed by atoms with Crippen molar-refractivity contribution in [1.29, 1.82) is 0 Å². The van der Waals surface area contributed by atoms with Crippen molar-refractivity contribution in [3.8, 4) is 5.75 Å². The van der Waals surface area contributed by atoms with Crippen molar-refractivity contribution >= 4 is 21.9 Å². The fourth-order valence-corrected chi connectivity index (χ4v) is 2.90. The van der Waals surface area contributed by atoms with Gasteiger partial charge in [0.15, 0.2) is 0 Å². The SMILES string of the molecule is O=C(O)C1(c2cc(Br)c3c(c2)CCO3)CC1. The average Bonchev–Trinajstić information content (AvgIpc) is 2.92. The highest BCUT2D eigenvalue weighted by Crippen LogP contribution is 2.50. The second-order valence-electron chi connectivity index (χ2n) is 4.43. The Morgan fingerprint density at radius 3 is 2.81 bits per heavy atom. The highest BCUT2D eigenvalue weighted by Gasteiger charge is 2.52. The predicted octanol–water partition coefficient (Wildman–Crippen LogP) is 2.50. The summed E-state index contributed by atoms with van der Waals surface area (Å²) in [6, 6.07) is 3.89. The van der Waals surface area contributed by atoms with Gasteiger partial charge in [0.05, 0.1) is 16.5 Å². The number of hydrogen-bond donors (Lipinski definition) is 1. The van der Waals surface area contributed by atoms with Crippen LogP contribution in [0, 0.1) is 0 Å². The lowest BCUT2D eigenvalue weighted by atomic mass is 9.94. The molecule has 3 rings (SSSR count). The van der Waals surface area contributed by atoms with Crippen LogP contribution in [0.15, 0.2) is 16.6 Å². The number of carboxylic acids is 1. The van der Waals surface area contributed by atoms with Crippen molar-refractivity contribution in [2.45, 2.75) is 24.7 Å². The van der Waals surface area contributed by atoms with E-state index < -0.39 is 11.4 Å². The smallest absolute Gasteiger partial charge is 0.314 e. The molecule has 1 N–H and O–H groups in total. The minimum Gasteiger partial charge on any atom is -0.492 e. The Labute approximate surface area is 102 Å². The topological polar surface area (TPSA) is 46.5 Å². The summed E-state index contributed by atoms with van der Waals surface area (Å²) in [5.41, 5.74) is 1.41. The molecule has 1 aliphatic carbocycles. The first kappa shape index (κ1) is 10.1. The van der Waals surface area contributed by atoms with E-state index in [4.69, 9.17) is 4.74 Å². The van der Waals surface area contributed by atoms with Gasteiger partial charge in [-0.2, -0.15) is 0 Å². The number of hydrogen-bond acceptors (Lipinski definition) is 2. The molecule has 84 valence electrons. The zero-order valence-corrected chi connectivity index (χ0v) is 10.2. The lowest BCUT2D eigenvalue weighted by Gasteiger charge is -2.12. The number of aliphatic carboxylic acids is 1. The van der Waals surface area contributed by atoms with Gasteiger partial charge in [-0.3, -0.25) is 4.79 Å². The summed E-state index contributed by atoms with van der Waals surface area (Å²) in [6.45, 7) is 0.692. The van der Waals surface area contributed by atoms with Gasteiger partial charge in [0.1, 0.15) is 5.75 Å². The van der Waals surface area contributed by atoms with Crippen LogP contribution < -0.4 is 4.74 Å². The second kappa shape index (κ2) is 3.23. The van der Waals surface area contributed by atoms with Gasteiger partial charge < -0.3 is 9.84 Å². The normalized spacial score (nSPS) is 20.1. The molecule has 0 atom stereocenters. The van der Waals surface area contributed by atoms with Crippen LogP contribution in [0.3, 0.4) is 0 Å². The Hall–Kier alpha value is -1.03. The summed E-state index contributed by atoms with van der Waals surface area (Å²) in [5, 5.41) is 9.25. The molecule has 0 unspecified atom stereocenters. The molecule has 1 saturated carbocycles. The van der Waals surface area contributed by atoms with E-state index in [-0.39, 0.29) is 0 Å². The zero-order chi connectivity index (χ0) is 11.3. The molecule has 4 heteroatoms. The molecular weight excluding hydrogens is 272 g/mol. The molecule has 1 aromatic carbocycles. The standard InChI is InChI=1S/C12H11BrO3/c13-9-6-8(12(2-3-12)11(14)15)5-7-1-4-16-10(7)9/h5-6H,1-4H2,(H,14,15). The monoisotopic (exact) mass is 282 g/mol. The van der Waals surface area contributed by atoms with Crippen LogP contribution in [0.1, 0.15) is 24.0 Å². The van der Waals surface area contributed by atoms with Crippen LogP contribution in [0.5, 0.6) is 5.75 Å². The van der Waals surface area contributed by atoms with Crippen molar-refractivity contribution in [3.63, 3.8) is 0 Å². The number of benzene rings is 1. The van der Waals surface area contributed by atoms with Gasteiger partial charge in [-0.25, -0.2) is 0 Å². The Morgan fingerprint density at radius 2 is 2.19 bits per heavy atom. The van der Waals surface area contributed by atoms with Gasteiger partial charge in [0.2, 0.25) is 0 Å². The van der Waals surface area contributed by atoms with E-state index in [0.717, 1.165) is 40.6 Å². The maximum atomic E-state index is 11.2. The summed E-state index contributed by atoms with van der Waals surface area (Å²) in [5.74, 6) is 0.170. The lowest BCUT2D eigenvalue weighted by Crippen LogP contribution is -2.19. The van der Waals surface area contributed by atoms with Crippen LogP contribution in [-0.4, -0.2) is 17.7 Å². The second-order valence-corrected chi connectivity index (χ2v) is 5.29. The number of halogens is 1. The Morgan fingerprint density at radius 1 is 1.44 bits per heavy atom. The summed E-state index contributed by atoms with van der Waals surface area (Å²) < 4.78 is 6.36. The maximum absolute atomic E-state index is 11.2. The molecule has 0 aromatic heterocycles. The van der Waals surface area contributed by atoms with Crippen LogP contribution >= 0.6 is 15.9 Å².